The highest BCUT2D eigenvalue weighted by Crippen LogP contribution is 2.20. The van der Waals surface area contributed by atoms with E-state index in [9.17, 15) is 0 Å². The zero-order valence-corrected chi connectivity index (χ0v) is 11.1. The van der Waals surface area contributed by atoms with E-state index in [1.54, 1.807) is 0 Å². The maximum atomic E-state index is 5.00. The van der Waals surface area contributed by atoms with Crippen LogP contribution in [0.2, 0.25) is 0 Å². The summed E-state index contributed by atoms with van der Waals surface area (Å²) < 4.78 is 0.690. The van der Waals surface area contributed by atoms with Crippen molar-refractivity contribution in [2.45, 2.75) is 6.54 Å². The average Bonchev–Trinajstić information content (AvgIpc) is 2.82. The molecule has 0 saturated carbocycles. The molecule has 3 rings (SSSR count). The number of aromatic amines is 1. The van der Waals surface area contributed by atoms with Crippen molar-refractivity contribution in [3.8, 4) is 0 Å². The first-order valence-electron chi connectivity index (χ1n) is 5.59. The second kappa shape index (κ2) is 4.88. The van der Waals surface area contributed by atoms with E-state index in [4.69, 9.17) is 12.2 Å². The van der Waals surface area contributed by atoms with Gasteiger partial charge in [0.1, 0.15) is 0 Å². The minimum Gasteiger partial charge on any atom is -0.356 e. The van der Waals surface area contributed by atoms with E-state index < -0.39 is 0 Å². The molecule has 0 spiro atoms. The lowest BCUT2D eigenvalue weighted by Gasteiger charge is -2.06. The number of hydrogen-bond acceptors (Lipinski definition) is 4. The van der Waals surface area contributed by atoms with E-state index >= 15 is 0 Å². The number of benzene rings is 2. The number of fused-ring (bicyclic) bond motifs is 1. The van der Waals surface area contributed by atoms with E-state index in [-0.39, 0.29) is 0 Å². The number of nitrogens with zero attached hydrogens (tertiary/aromatic N) is 1. The Labute approximate surface area is 113 Å². The molecule has 1 heterocycles. The van der Waals surface area contributed by atoms with E-state index in [1.165, 1.54) is 27.7 Å². The van der Waals surface area contributed by atoms with Crippen LogP contribution in [-0.2, 0) is 6.54 Å². The van der Waals surface area contributed by atoms with Gasteiger partial charge in [0.25, 0.3) is 0 Å². The van der Waals surface area contributed by atoms with Crippen LogP contribution in [0, 0.1) is 3.95 Å². The van der Waals surface area contributed by atoms with Crippen LogP contribution in [0.3, 0.4) is 0 Å². The van der Waals surface area contributed by atoms with E-state index in [0.29, 0.717) is 3.95 Å². The molecule has 2 aromatic carbocycles. The van der Waals surface area contributed by atoms with Gasteiger partial charge in [0.05, 0.1) is 0 Å². The van der Waals surface area contributed by atoms with Gasteiger partial charge in [-0.05, 0) is 28.6 Å². The standard InChI is InChI=1S/C13H11N3S2/c17-13-16-15-12(18-13)14-8-10-6-3-5-9-4-1-2-7-11(9)10/h1-7H,8H2,(H,14,15)(H,16,17). The molecule has 0 aliphatic rings. The normalized spacial score (nSPS) is 10.7. The topological polar surface area (TPSA) is 40.7 Å². The van der Waals surface area contributed by atoms with Crippen molar-refractivity contribution in [3.05, 3.63) is 52.0 Å². The maximum Gasteiger partial charge on any atom is 0.204 e. The summed E-state index contributed by atoms with van der Waals surface area (Å²) in [5.41, 5.74) is 1.26. The van der Waals surface area contributed by atoms with Crippen molar-refractivity contribution in [1.29, 1.82) is 0 Å². The minimum absolute atomic E-state index is 0.690. The Morgan fingerprint density at radius 3 is 2.83 bits per heavy atom. The summed E-state index contributed by atoms with van der Waals surface area (Å²) in [6.45, 7) is 0.747. The SMILES string of the molecule is S=c1[nH]nc(NCc2cccc3ccccc23)s1. The first-order valence-corrected chi connectivity index (χ1v) is 6.81. The molecule has 0 atom stereocenters. The average molecular weight is 273 g/mol. The molecule has 5 heteroatoms. The quantitative estimate of drug-likeness (QED) is 0.709. The van der Waals surface area contributed by atoms with Crippen molar-refractivity contribution >= 4 is 39.5 Å². The van der Waals surface area contributed by atoms with Crippen molar-refractivity contribution in [3.63, 3.8) is 0 Å². The van der Waals surface area contributed by atoms with Crippen LogP contribution in [0.1, 0.15) is 5.56 Å². The number of rotatable bonds is 3. The number of nitrogens with one attached hydrogen (secondary N) is 2. The Hall–Kier alpha value is -1.72. The smallest absolute Gasteiger partial charge is 0.204 e. The van der Waals surface area contributed by atoms with Gasteiger partial charge in [-0.2, -0.15) is 0 Å². The summed E-state index contributed by atoms with van der Waals surface area (Å²) in [7, 11) is 0. The van der Waals surface area contributed by atoms with Gasteiger partial charge in [-0.3, -0.25) is 5.10 Å². The third kappa shape index (κ3) is 2.27. The summed E-state index contributed by atoms with van der Waals surface area (Å²) in [6.07, 6.45) is 0. The Morgan fingerprint density at radius 1 is 1.17 bits per heavy atom. The highest BCUT2D eigenvalue weighted by molar-refractivity contribution is 7.73. The molecule has 0 bridgehead atoms. The Kier molecular flexibility index (Phi) is 3.08. The summed E-state index contributed by atoms with van der Waals surface area (Å²) in [5, 5.41) is 13.5. The van der Waals surface area contributed by atoms with Crippen LogP contribution in [-0.4, -0.2) is 10.2 Å². The zero-order valence-electron chi connectivity index (χ0n) is 9.51. The number of hydrogen-bond donors (Lipinski definition) is 2. The van der Waals surface area contributed by atoms with Gasteiger partial charge in [0, 0.05) is 6.54 Å². The van der Waals surface area contributed by atoms with Crippen LogP contribution < -0.4 is 5.32 Å². The first kappa shape index (κ1) is 11.4. The molecule has 1 aromatic heterocycles. The summed E-state index contributed by atoms with van der Waals surface area (Å²) >= 11 is 6.45. The zero-order chi connectivity index (χ0) is 12.4. The van der Waals surface area contributed by atoms with Gasteiger partial charge in [0.2, 0.25) is 5.13 Å². The van der Waals surface area contributed by atoms with E-state index in [2.05, 4.69) is 58.0 Å². The predicted octanol–water partition coefficient (Wildman–Crippen LogP) is 3.97. The third-order valence-electron chi connectivity index (χ3n) is 2.75. The molecule has 0 aliphatic carbocycles. The van der Waals surface area contributed by atoms with Gasteiger partial charge in [-0.1, -0.05) is 53.8 Å². The van der Waals surface area contributed by atoms with Crippen LogP contribution in [0.15, 0.2) is 42.5 Å². The second-order valence-corrected chi connectivity index (χ2v) is 5.58. The molecule has 18 heavy (non-hydrogen) atoms. The molecule has 3 nitrogen and oxygen atoms in total. The molecule has 0 radical (unpaired) electrons. The lowest BCUT2D eigenvalue weighted by atomic mass is 10.0. The minimum atomic E-state index is 0.690. The van der Waals surface area contributed by atoms with E-state index in [1.807, 2.05) is 0 Å². The molecular weight excluding hydrogens is 262 g/mol. The molecule has 90 valence electrons. The van der Waals surface area contributed by atoms with Crippen molar-refractivity contribution < 1.29 is 0 Å². The largest absolute Gasteiger partial charge is 0.356 e. The molecule has 0 unspecified atom stereocenters. The van der Waals surface area contributed by atoms with E-state index in [0.717, 1.165) is 11.7 Å². The predicted molar refractivity (Wildman–Crippen MR) is 78.6 cm³/mol. The molecule has 3 aromatic rings. The van der Waals surface area contributed by atoms with Gasteiger partial charge in [-0.25, -0.2) is 0 Å². The highest BCUT2D eigenvalue weighted by atomic mass is 32.1. The first-order chi connectivity index (χ1) is 8.83. The fourth-order valence-electron chi connectivity index (χ4n) is 1.92. The van der Waals surface area contributed by atoms with Crippen LogP contribution >= 0.6 is 23.6 Å². The number of anilines is 1. The molecule has 0 aliphatic heterocycles. The maximum absolute atomic E-state index is 5.00. The van der Waals surface area contributed by atoms with Crippen LogP contribution in [0.5, 0.6) is 0 Å². The van der Waals surface area contributed by atoms with Gasteiger partial charge in [-0.15, -0.1) is 5.10 Å². The molecule has 0 amide bonds. The number of aromatic nitrogens is 2. The van der Waals surface area contributed by atoms with Gasteiger partial charge in [0.15, 0.2) is 3.95 Å². The Bertz CT molecular complexity index is 725. The summed E-state index contributed by atoms with van der Waals surface area (Å²) in [4.78, 5) is 0. The Balaban J connectivity index is 1.88. The summed E-state index contributed by atoms with van der Waals surface area (Å²) in [5.74, 6) is 0. The third-order valence-corrected chi connectivity index (χ3v) is 3.80. The fourth-order valence-corrected chi connectivity index (χ4v) is 2.71. The molecule has 0 fully saturated rings. The molecular formula is C13H11N3S2. The second-order valence-electron chi connectivity index (χ2n) is 3.91. The lowest BCUT2D eigenvalue weighted by molar-refractivity contribution is 1.05. The fraction of sp³-hybridized carbons (Fsp3) is 0.0769. The molecule has 2 N–H and O–H groups in total. The van der Waals surface area contributed by atoms with Gasteiger partial charge < -0.3 is 5.32 Å². The highest BCUT2D eigenvalue weighted by Gasteiger charge is 2.01. The monoisotopic (exact) mass is 273 g/mol. The molecule has 0 saturated heterocycles. The van der Waals surface area contributed by atoms with Crippen LogP contribution in [0.25, 0.3) is 10.8 Å². The summed E-state index contributed by atoms with van der Waals surface area (Å²) in [6, 6.07) is 14.7. The Morgan fingerprint density at radius 2 is 2.00 bits per heavy atom. The van der Waals surface area contributed by atoms with Crippen molar-refractivity contribution in [1.82, 2.24) is 10.2 Å². The number of H-pyrrole nitrogens is 1. The van der Waals surface area contributed by atoms with Crippen molar-refractivity contribution in [2.24, 2.45) is 0 Å². The van der Waals surface area contributed by atoms with Crippen LogP contribution in [0.4, 0.5) is 5.13 Å². The van der Waals surface area contributed by atoms with Gasteiger partial charge >= 0.3 is 0 Å². The lowest BCUT2D eigenvalue weighted by Crippen LogP contribution is -1.99. The van der Waals surface area contributed by atoms with Crippen molar-refractivity contribution in [2.75, 3.05) is 5.32 Å².